The van der Waals surface area contributed by atoms with Crippen LogP contribution in [0.15, 0.2) is 22.7 Å². The summed E-state index contributed by atoms with van der Waals surface area (Å²) >= 11 is 3.00. The van der Waals surface area contributed by atoms with Crippen molar-refractivity contribution in [2.24, 2.45) is 0 Å². The first-order valence-electron chi connectivity index (χ1n) is 5.43. The molecule has 1 N–H and O–H groups in total. The van der Waals surface area contributed by atoms with Crippen molar-refractivity contribution >= 4 is 27.7 Å². The van der Waals surface area contributed by atoms with Gasteiger partial charge in [0.15, 0.2) is 0 Å². The quantitative estimate of drug-likeness (QED) is 0.920. The molecular weight excluding hydrogens is 303 g/mol. The fraction of sp³-hybridized carbons (Fsp3) is 0.333. The van der Waals surface area contributed by atoms with Gasteiger partial charge in [0.2, 0.25) is 5.91 Å². The van der Waals surface area contributed by atoms with Crippen LogP contribution in [0, 0.1) is 5.82 Å². The number of hydrogen-bond donors (Lipinski definition) is 1. The number of benzene rings is 1. The Bertz CT molecular complexity index is 465. The lowest BCUT2D eigenvalue weighted by atomic mass is 10.2. The lowest BCUT2D eigenvalue weighted by molar-refractivity contribution is -0.128. The second kappa shape index (κ2) is 6.49. The van der Waals surface area contributed by atoms with Gasteiger partial charge in [0.05, 0.1) is 11.0 Å². The molecule has 4 nitrogen and oxygen atoms in total. The van der Waals surface area contributed by atoms with Crippen LogP contribution in [0.1, 0.15) is 17.3 Å². The molecule has 0 unspecified atom stereocenters. The van der Waals surface area contributed by atoms with Crippen LogP contribution in [-0.2, 0) is 4.79 Å². The summed E-state index contributed by atoms with van der Waals surface area (Å²) in [6, 6.07) is 3.93. The topological polar surface area (TPSA) is 49.4 Å². The molecule has 6 heteroatoms. The van der Waals surface area contributed by atoms with E-state index in [4.69, 9.17) is 0 Å². The Kier molecular flexibility index (Phi) is 5.27. The van der Waals surface area contributed by atoms with Crippen molar-refractivity contribution in [2.75, 3.05) is 20.1 Å². The van der Waals surface area contributed by atoms with Crippen LogP contribution >= 0.6 is 15.9 Å². The first-order chi connectivity index (χ1) is 8.45. The normalized spacial score (nSPS) is 10.0. The predicted molar refractivity (Wildman–Crippen MR) is 69.7 cm³/mol. The Labute approximate surface area is 113 Å². The van der Waals surface area contributed by atoms with Gasteiger partial charge in [-0.1, -0.05) is 0 Å². The number of carbonyl (C=O) groups is 2. The van der Waals surface area contributed by atoms with Crippen LogP contribution in [0.3, 0.4) is 0 Å². The summed E-state index contributed by atoms with van der Waals surface area (Å²) in [6.45, 7) is 2.35. The lowest BCUT2D eigenvalue weighted by Gasteiger charge is -2.14. The van der Waals surface area contributed by atoms with Crippen LogP contribution in [0.25, 0.3) is 0 Å². The summed E-state index contributed by atoms with van der Waals surface area (Å²) in [5.41, 5.74) is 0.301. The van der Waals surface area contributed by atoms with Crippen LogP contribution in [0.2, 0.25) is 0 Å². The van der Waals surface area contributed by atoms with Gasteiger partial charge >= 0.3 is 0 Å². The molecular formula is C12H14BrFN2O2. The van der Waals surface area contributed by atoms with Crippen LogP contribution in [0.4, 0.5) is 4.39 Å². The number of amides is 2. The highest BCUT2D eigenvalue weighted by Gasteiger charge is 2.11. The van der Waals surface area contributed by atoms with E-state index >= 15 is 0 Å². The zero-order valence-corrected chi connectivity index (χ0v) is 11.8. The lowest BCUT2D eigenvalue weighted by Crippen LogP contribution is -2.37. The van der Waals surface area contributed by atoms with Crippen molar-refractivity contribution in [2.45, 2.75) is 6.92 Å². The minimum absolute atomic E-state index is 0.0713. The van der Waals surface area contributed by atoms with Gasteiger partial charge in [0, 0.05) is 19.2 Å². The van der Waals surface area contributed by atoms with Gasteiger partial charge in [0.25, 0.3) is 5.91 Å². The van der Waals surface area contributed by atoms with Gasteiger partial charge in [-0.15, -0.1) is 0 Å². The monoisotopic (exact) mass is 316 g/mol. The van der Waals surface area contributed by atoms with Crippen molar-refractivity contribution in [3.63, 3.8) is 0 Å². The molecule has 0 spiro atoms. The molecule has 0 bridgehead atoms. The smallest absolute Gasteiger partial charge is 0.251 e. The van der Waals surface area contributed by atoms with Crippen molar-refractivity contribution in [1.29, 1.82) is 0 Å². The molecule has 0 saturated heterocycles. The van der Waals surface area contributed by atoms with Crippen molar-refractivity contribution < 1.29 is 14.0 Å². The second-order valence-corrected chi connectivity index (χ2v) is 4.57. The summed E-state index contributed by atoms with van der Waals surface area (Å²) in [5.74, 6) is -1.02. The maximum atomic E-state index is 13.0. The summed E-state index contributed by atoms with van der Waals surface area (Å²) in [4.78, 5) is 24.7. The third-order valence-electron chi connectivity index (χ3n) is 2.48. The molecule has 1 rings (SSSR count). The van der Waals surface area contributed by atoms with Crippen molar-refractivity contribution in [3.05, 3.63) is 34.1 Å². The number of halogens is 2. The van der Waals surface area contributed by atoms with Crippen LogP contribution in [-0.4, -0.2) is 36.9 Å². The van der Waals surface area contributed by atoms with E-state index in [9.17, 15) is 14.0 Å². The first-order valence-corrected chi connectivity index (χ1v) is 6.22. The van der Waals surface area contributed by atoms with Crippen molar-refractivity contribution in [1.82, 2.24) is 10.2 Å². The molecule has 0 atom stereocenters. The van der Waals surface area contributed by atoms with E-state index in [2.05, 4.69) is 21.2 Å². The summed E-state index contributed by atoms with van der Waals surface area (Å²) in [7, 11) is 1.66. The summed E-state index contributed by atoms with van der Waals surface area (Å²) in [6.07, 6.45) is 0. The highest BCUT2D eigenvalue weighted by Crippen LogP contribution is 2.16. The molecule has 0 aromatic heterocycles. The highest BCUT2D eigenvalue weighted by atomic mass is 79.9. The van der Waals surface area contributed by atoms with Crippen LogP contribution in [0.5, 0.6) is 0 Å². The zero-order chi connectivity index (χ0) is 13.7. The number of nitrogens with zero attached hydrogens (tertiary/aromatic N) is 1. The van der Waals surface area contributed by atoms with E-state index in [1.165, 1.54) is 23.1 Å². The van der Waals surface area contributed by atoms with Crippen LogP contribution < -0.4 is 5.32 Å². The molecule has 1 aromatic rings. The maximum Gasteiger partial charge on any atom is 0.251 e. The minimum atomic E-state index is -0.437. The third-order valence-corrected chi connectivity index (χ3v) is 3.09. The number of rotatable bonds is 4. The Hall–Kier alpha value is -1.43. The molecule has 0 aliphatic heterocycles. The van der Waals surface area contributed by atoms with Gasteiger partial charge in [0.1, 0.15) is 5.82 Å². The van der Waals surface area contributed by atoms with E-state index < -0.39 is 11.7 Å². The Balaban J connectivity index is 2.60. The minimum Gasteiger partial charge on any atom is -0.345 e. The van der Waals surface area contributed by atoms with Crippen molar-refractivity contribution in [3.8, 4) is 0 Å². The van der Waals surface area contributed by atoms with E-state index in [0.29, 0.717) is 12.1 Å². The van der Waals surface area contributed by atoms with Gasteiger partial charge < -0.3 is 10.2 Å². The second-order valence-electron chi connectivity index (χ2n) is 3.72. The number of carbonyl (C=O) groups excluding carboxylic acids is 2. The van der Waals surface area contributed by atoms with E-state index in [-0.39, 0.29) is 16.9 Å². The third kappa shape index (κ3) is 3.80. The first kappa shape index (κ1) is 14.6. The van der Waals surface area contributed by atoms with E-state index in [1.54, 1.807) is 7.05 Å². The molecule has 98 valence electrons. The molecule has 0 fully saturated rings. The summed E-state index contributed by atoms with van der Waals surface area (Å²) < 4.78 is 13.2. The number of hydrogen-bond acceptors (Lipinski definition) is 2. The number of likely N-dealkylation sites (N-methyl/N-ethyl adjacent to an activating group) is 1. The molecule has 1 aromatic carbocycles. The Morgan fingerprint density at radius 3 is 2.67 bits per heavy atom. The molecule has 18 heavy (non-hydrogen) atoms. The Morgan fingerprint density at radius 2 is 2.11 bits per heavy atom. The molecule has 0 radical (unpaired) electrons. The predicted octanol–water partition coefficient (Wildman–Crippen LogP) is 1.80. The highest BCUT2D eigenvalue weighted by molar-refractivity contribution is 9.10. The Morgan fingerprint density at radius 1 is 1.44 bits per heavy atom. The molecule has 0 heterocycles. The fourth-order valence-corrected chi connectivity index (χ4v) is 1.59. The van der Waals surface area contributed by atoms with Gasteiger partial charge in [-0.3, -0.25) is 9.59 Å². The SMILES string of the molecule is CCN(C)C(=O)CNC(=O)c1ccc(F)c(Br)c1. The largest absolute Gasteiger partial charge is 0.345 e. The molecule has 2 amide bonds. The van der Waals surface area contributed by atoms with Gasteiger partial charge in [-0.05, 0) is 41.1 Å². The maximum absolute atomic E-state index is 13.0. The molecule has 0 aliphatic carbocycles. The van der Waals surface area contributed by atoms with E-state index in [1.807, 2.05) is 6.92 Å². The number of nitrogens with one attached hydrogen (secondary N) is 1. The average Bonchev–Trinajstić information content (AvgIpc) is 2.37. The summed E-state index contributed by atoms with van der Waals surface area (Å²) in [5, 5.41) is 2.49. The fourth-order valence-electron chi connectivity index (χ4n) is 1.21. The molecule has 0 saturated carbocycles. The zero-order valence-electron chi connectivity index (χ0n) is 10.2. The van der Waals surface area contributed by atoms with Gasteiger partial charge in [-0.25, -0.2) is 4.39 Å². The van der Waals surface area contributed by atoms with Gasteiger partial charge in [-0.2, -0.15) is 0 Å². The molecule has 0 aliphatic rings. The van der Waals surface area contributed by atoms with E-state index in [0.717, 1.165) is 0 Å². The standard InChI is InChI=1S/C12H14BrFN2O2/c1-3-16(2)11(17)7-15-12(18)8-4-5-10(14)9(13)6-8/h4-6H,3,7H2,1-2H3,(H,15,18). The average molecular weight is 317 g/mol.